The number of amides is 1. The maximum atomic E-state index is 12.9. The van der Waals surface area contributed by atoms with E-state index in [0.717, 1.165) is 43.1 Å². The first-order valence-corrected chi connectivity index (χ1v) is 8.04. The number of hydrogen-bond acceptors (Lipinski definition) is 2. The average Bonchev–Trinajstić information content (AvgIpc) is 3.10. The summed E-state index contributed by atoms with van der Waals surface area (Å²) in [5.74, 6) is 0.717. The number of para-hydroxylation sites is 1. The van der Waals surface area contributed by atoms with Crippen LogP contribution in [-0.4, -0.2) is 39.1 Å². The predicted octanol–water partition coefficient (Wildman–Crippen LogP) is 3.20. The summed E-state index contributed by atoms with van der Waals surface area (Å²) in [6.07, 6.45) is 4.09. The second-order valence-corrected chi connectivity index (χ2v) is 5.99. The Morgan fingerprint density at radius 1 is 1.43 bits per heavy atom. The molecule has 1 aromatic heterocycles. The van der Waals surface area contributed by atoms with Gasteiger partial charge in [-0.2, -0.15) is 5.10 Å². The van der Waals surface area contributed by atoms with E-state index >= 15 is 0 Å². The standard InChI is InChI=1S/C16H20ClN3O/c1-19-14-9-3-2-8-13(14)15(18-19)16(21)20-11-5-7-12(20)6-4-10-17/h2-3,8-9,12H,4-7,10-11H2,1H3. The second kappa shape index (κ2) is 6.06. The topological polar surface area (TPSA) is 38.1 Å². The molecule has 1 unspecified atom stereocenters. The number of benzene rings is 1. The van der Waals surface area contributed by atoms with E-state index in [1.807, 2.05) is 36.2 Å². The molecule has 21 heavy (non-hydrogen) atoms. The van der Waals surface area contributed by atoms with Gasteiger partial charge in [-0.3, -0.25) is 9.48 Å². The largest absolute Gasteiger partial charge is 0.334 e. The number of nitrogens with zero attached hydrogens (tertiary/aromatic N) is 3. The second-order valence-electron chi connectivity index (χ2n) is 5.62. The summed E-state index contributed by atoms with van der Waals surface area (Å²) in [4.78, 5) is 14.9. The molecule has 0 N–H and O–H groups in total. The zero-order chi connectivity index (χ0) is 14.8. The van der Waals surface area contributed by atoms with Crippen LogP contribution in [0.3, 0.4) is 0 Å². The van der Waals surface area contributed by atoms with Gasteiger partial charge < -0.3 is 4.90 Å². The molecule has 3 rings (SSSR count). The van der Waals surface area contributed by atoms with Crippen molar-refractivity contribution in [2.24, 2.45) is 7.05 Å². The third-order valence-electron chi connectivity index (χ3n) is 4.27. The van der Waals surface area contributed by atoms with Gasteiger partial charge in [-0.25, -0.2) is 0 Å². The zero-order valence-electron chi connectivity index (χ0n) is 12.3. The minimum absolute atomic E-state index is 0.0591. The normalized spacial score (nSPS) is 18.6. The van der Waals surface area contributed by atoms with Gasteiger partial charge in [0.25, 0.3) is 5.91 Å². The Labute approximate surface area is 129 Å². The fourth-order valence-corrected chi connectivity index (χ4v) is 3.38. The van der Waals surface area contributed by atoms with Gasteiger partial charge in [-0.05, 0) is 31.7 Å². The van der Waals surface area contributed by atoms with Gasteiger partial charge in [-0.1, -0.05) is 18.2 Å². The van der Waals surface area contributed by atoms with Crippen LogP contribution in [0.1, 0.15) is 36.2 Å². The van der Waals surface area contributed by atoms with Crippen LogP contribution >= 0.6 is 11.6 Å². The quantitative estimate of drug-likeness (QED) is 0.814. The Hall–Kier alpha value is -1.55. The van der Waals surface area contributed by atoms with Crippen LogP contribution in [-0.2, 0) is 7.05 Å². The Morgan fingerprint density at radius 3 is 3.05 bits per heavy atom. The molecule has 5 heteroatoms. The summed E-state index contributed by atoms with van der Waals surface area (Å²) < 4.78 is 1.78. The lowest BCUT2D eigenvalue weighted by molar-refractivity contribution is 0.0725. The number of likely N-dealkylation sites (tertiary alicyclic amines) is 1. The predicted molar refractivity (Wildman–Crippen MR) is 84.7 cm³/mol. The number of aryl methyl sites for hydroxylation is 1. The highest BCUT2D eigenvalue weighted by Crippen LogP contribution is 2.26. The smallest absolute Gasteiger partial charge is 0.275 e. The Kier molecular flexibility index (Phi) is 4.15. The number of halogens is 1. The molecule has 4 nitrogen and oxygen atoms in total. The van der Waals surface area contributed by atoms with Crippen LogP contribution in [0.15, 0.2) is 24.3 Å². The maximum Gasteiger partial charge on any atom is 0.275 e. The highest BCUT2D eigenvalue weighted by molar-refractivity contribution is 6.17. The van der Waals surface area contributed by atoms with E-state index in [0.29, 0.717) is 17.6 Å². The Balaban J connectivity index is 1.89. The third-order valence-corrected chi connectivity index (χ3v) is 4.54. The fraction of sp³-hybridized carbons (Fsp3) is 0.500. The molecule has 0 radical (unpaired) electrons. The summed E-state index contributed by atoms with van der Waals surface area (Å²) in [5, 5.41) is 5.39. The molecule has 1 aliphatic rings. The van der Waals surface area contributed by atoms with E-state index in [1.165, 1.54) is 0 Å². The van der Waals surface area contributed by atoms with Crippen LogP contribution in [0.2, 0.25) is 0 Å². The van der Waals surface area contributed by atoms with E-state index < -0.39 is 0 Å². The molecule has 0 spiro atoms. The minimum Gasteiger partial charge on any atom is -0.334 e. The fourth-order valence-electron chi connectivity index (χ4n) is 3.22. The number of carbonyl (C=O) groups excluding carboxylic acids is 1. The molecule has 2 heterocycles. The molecule has 1 saturated heterocycles. The van der Waals surface area contributed by atoms with Crippen LogP contribution in [0.4, 0.5) is 0 Å². The van der Waals surface area contributed by atoms with Crippen molar-refractivity contribution in [1.29, 1.82) is 0 Å². The van der Waals surface area contributed by atoms with Crippen molar-refractivity contribution >= 4 is 28.4 Å². The van der Waals surface area contributed by atoms with E-state index in [2.05, 4.69) is 5.10 Å². The van der Waals surface area contributed by atoms with Gasteiger partial charge in [0.2, 0.25) is 0 Å². The maximum absolute atomic E-state index is 12.9. The van der Waals surface area contributed by atoms with Crippen LogP contribution < -0.4 is 0 Å². The molecule has 1 atom stereocenters. The van der Waals surface area contributed by atoms with Gasteiger partial charge in [0, 0.05) is 30.9 Å². The number of hydrogen-bond donors (Lipinski definition) is 0. The lowest BCUT2D eigenvalue weighted by atomic mass is 10.1. The van der Waals surface area contributed by atoms with Crippen molar-refractivity contribution in [3.8, 4) is 0 Å². The van der Waals surface area contributed by atoms with E-state index in [1.54, 1.807) is 4.68 Å². The van der Waals surface area contributed by atoms with Crippen molar-refractivity contribution in [3.05, 3.63) is 30.0 Å². The van der Waals surface area contributed by atoms with E-state index in [9.17, 15) is 4.79 Å². The van der Waals surface area contributed by atoms with Crippen molar-refractivity contribution in [3.63, 3.8) is 0 Å². The Morgan fingerprint density at radius 2 is 2.24 bits per heavy atom. The molecule has 0 bridgehead atoms. The van der Waals surface area contributed by atoms with E-state index in [-0.39, 0.29) is 5.91 Å². The minimum atomic E-state index is 0.0591. The molecular formula is C16H20ClN3O. The lowest BCUT2D eigenvalue weighted by Crippen LogP contribution is -2.36. The SMILES string of the molecule is Cn1nc(C(=O)N2CCCC2CCCCl)c2ccccc21. The first kappa shape index (κ1) is 14.4. The number of carbonyl (C=O) groups is 1. The summed E-state index contributed by atoms with van der Waals surface area (Å²) >= 11 is 5.79. The molecule has 1 aromatic carbocycles. The first-order valence-electron chi connectivity index (χ1n) is 7.51. The monoisotopic (exact) mass is 305 g/mol. The zero-order valence-corrected chi connectivity index (χ0v) is 13.0. The van der Waals surface area contributed by atoms with Crippen LogP contribution in [0.5, 0.6) is 0 Å². The van der Waals surface area contributed by atoms with Crippen molar-refractivity contribution < 1.29 is 4.79 Å². The molecule has 1 fully saturated rings. The third kappa shape index (κ3) is 2.64. The molecule has 1 amide bonds. The van der Waals surface area contributed by atoms with Crippen molar-refractivity contribution in [1.82, 2.24) is 14.7 Å². The average molecular weight is 306 g/mol. The molecule has 2 aromatic rings. The number of aromatic nitrogens is 2. The lowest BCUT2D eigenvalue weighted by Gasteiger charge is -2.23. The van der Waals surface area contributed by atoms with Gasteiger partial charge in [0.1, 0.15) is 0 Å². The molecule has 0 saturated carbocycles. The summed E-state index contributed by atoms with van der Waals surface area (Å²) in [5.41, 5.74) is 1.57. The summed E-state index contributed by atoms with van der Waals surface area (Å²) in [7, 11) is 1.88. The van der Waals surface area contributed by atoms with Crippen molar-refractivity contribution in [2.45, 2.75) is 31.7 Å². The summed E-state index contributed by atoms with van der Waals surface area (Å²) in [6, 6.07) is 8.21. The molecule has 112 valence electrons. The first-order chi connectivity index (χ1) is 10.2. The number of alkyl halides is 1. The van der Waals surface area contributed by atoms with E-state index in [4.69, 9.17) is 11.6 Å². The molecule has 1 aliphatic heterocycles. The van der Waals surface area contributed by atoms with Gasteiger partial charge in [0.05, 0.1) is 5.52 Å². The highest BCUT2D eigenvalue weighted by atomic mass is 35.5. The number of rotatable bonds is 4. The van der Waals surface area contributed by atoms with Gasteiger partial charge >= 0.3 is 0 Å². The molecular weight excluding hydrogens is 286 g/mol. The van der Waals surface area contributed by atoms with Crippen molar-refractivity contribution in [2.75, 3.05) is 12.4 Å². The molecule has 0 aliphatic carbocycles. The highest BCUT2D eigenvalue weighted by Gasteiger charge is 2.31. The van der Waals surface area contributed by atoms with Gasteiger partial charge in [-0.15, -0.1) is 11.6 Å². The van der Waals surface area contributed by atoms with Crippen LogP contribution in [0.25, 0.3) is 10.9 Å². The van der Waals surface area contributed by atoms with Crippen LogP contribution in [0, 0.1) is 0 Å². The van der Waals surface area contributed by atoms with Gasteiger partial charge in [0.15, 0.2) is 5.69 Å². The number of fused-ring (bicyclic) bond motifs is 1. The Bertz CT molecular complexity index is 652. The summed E-state index contributed by atoms with van der Waals surface area (Å²) in [6.45, 7) is 0.830.